The van der Waals surface area contributed by atoms with E-state index >= 15 is 0 Å². The Morgan fingerprint density at radius 2 is 1.73 bits per heavy atom. The smallest absolute Gasteiger partial charge is 0.211 e. The number of halogens is 4. The fourth-order valence-corrected chi connectivity index (χ4v) is 5.15. The number of rotatable bonds is 6. The van der Waals surface area contributed by atoms with Crippen LogP contribution in [0.5, 0.6) is 5.75 Å². The number of carbonyl (C=O) groups is 2. The molecule has 3 N–H and O–H groups in total. The molecule has 1 aliphatic rings. The first-order valence-corrected chi connectivity index (χ1v) is 14.4. The Hall–Kier alpha value is -3.55. The molecule has 3 aromatic carbocycles. The van der Waals surface area contributed by atoms with Crippen molar-refractivity contribution in [3.8, 4) is 11.8 Å². The van der Waals surface area contributed by atoms with Crippen LogP contribution in [0.4, 0.5) is 14.5 Å². The third-order valence-corrected chi connectivity index (χ3v) is 7.05. The number of nitrogens with zero attached hydrogens (tertiary/aromatic N) is 1. The van der Waals surface area contributed by atoms with E-state index in [1.54, 1.807) is 48.5 Å². The highest BCUT2D eigenvalue weighted by atomic mass is 35.5. The number of nitriles is 1. The molecule has 1 heterocycles. The zero-order chi connectivity index (χ0) is 33.4. The number of aldehydes is 1. The summed E-state index contributed by atoms with van der Waals surface area (Å²) in [4.78, 5) is 20.6. The maximum Gasteiger partial charge on any atom is 0.211 e. The van der Waals surface area contributed by atoms with Crippen LogP contribution in [0.25, 0.3) is 0 Å². The van der Waals surface area contributed by atoms with E-state index in [-0.39, 0.29) is 40.2 Å². The fourth-order valence-electron chi connectivity index (χ4n) is 4.79. The van der Waals surface area contributed by atoms with Crippen molar-refractivity contribution in [1.82, 2.24) is 5.32 Å². The largest absolute Gasteiger partial charge is 0.495 e. The molecule has 0 spiro atoms. The van der Waals surface area contributed by atoms with Crippen LogP contribution in [-0.2, 0) is 4.79 Å². The molecular weight excluding hydrogens is 611 g/mol. The summed E-state index contributed by atoms with van der Waals surface area (Å²) >= 11 is 11.3. The van der Waals surface area contributed by atoms with Gasteiger partial charge in [0.05, 0.1) is 29.8 Å². The molecule has 0 saturated carbocycles. The van der Waals surface area contributed by atoms with Crippen molar-refractivity contribution >= 4 is 41.6 Å². The van der Waals surface area contributed by atoms with Crippen LogP contribution in [-0.4, -0.2) is 44.1 Å². The Morgan fingerprint density at radius 3 is 2.23 bits per heavy atom. The summed E-state index contributed by atoms with van der Waals surface area (Å²) in [5.41, 5.74) is 1.72. The van der Waals surface area contributed by atoms with Crippen molar-refractivity contribution in [1.29, 1.82) is 5.26 Å². The predicted octanol–water partition coefficient (Wildman–Crippen LogP) is 7.66. The predicted molar refractivity (Wildman–Crippen MR) is 171 cm³/mol. The van der Waals surface area contributed by atoms with Gasteiger partial charge < -0.3 is 20.5 Å². The Bertz CT molecular complexity index is 1380. The van der Waals surface area contributed by atoms with Crippen LogP contribution in [0.3, 0.4) is 0 Å². The van der Waals surface area contributed by atoms with Gasteiger partial charge in [-0.25, -0.2) is 8.78 Å². The highest BCUT2D eigenvalue weighted by Crippen LogP contribution is 2.41. The van der Waals surface area contributed by atoms with E-state index < -0.39 is 5.82 Å². The van der Waals surface area contributed by atoms with Crippen molar-refractivity contribution < 1.29 is 28.2 Å². The minimum atomic E-state index is -0.394. The molecular formula is C33H39Cl2F2N3O4. The minimum absolute atomic E-state index is 0.0509. The van der Waals surface area contributed by atoms with Crippen LogP contribution in [0.2, 0.25) is 10.0 Å². The molecule has 3 aromatic rings. The van der Waals surface area contributed by atoms with Gasteiger partial charge in [0.15, 0.2) is 0 Å². The molecule has 0 aliphatic carbocycles. The minimum Gasteiger partial charge on any atom is -0.495 e. The van der Waals surface area contributed by atoms with Gasteiger partial charge in [0.2, 0.25) is 6.41 Å². The molecule has 0 aromatic heterocycles. The topological polar surface area (TPSA) is 111 Å². The van der Waals surface area contributed by atoms with Gasteiger partial charge in [-0.2, -0.15) is 5.26 Å². The average Bonchev–Trinajstić information content (AvgIpc) is 3.29. The molecule has 1 saturated heterocycles. The zero-order valence-corrected chi connectivity index (χ0v) is 27.1. The standard InChI is InChI=1S/C17H22ClFN2.C9H9NO3.C6H4ClF.CH4O/c1-10-15(11-6-5-7-13(18)16(11)19)12(9-20)14(21-10)8-17(2,3)4;1-13-9-4-7(5-11)2-3-8(9)10-6-12;7-5-2-1-3-6(8)4-5;1-2/h5-7,10,12,14-15,21H,8H2,1-4H3;2-6H,1H3,(H,10,12);1-4H;2H,1H3/t10-,12?,14?,15?;;;/m0.../s1. The van der Waals surface area contributed by atoms with Gasteiger partial charge >= 0.3 is 0 Å². The molecule has 238 valence electrons. The number of anilines is 1. The second-order valence-corrected chi connectivity index (χ2v) is 11.8. The number of aliphatic hydroxyl groups is 1. The molecule has 7 nitrogen and oxygen atoms in total. The van der Waals surface area contributed by atoms with Crippen LogP contribution in [0.1, 0.15) is 56.0 Å². The summed E-state index contributed by atoms with van der Waals surface area (Å²) in [6.45, 7) is 8.47. The molecule has 3 unspecified atom stereocenters. The third kappa shape index (κ3) is 11.9. The maximum atomic E-state index is 14.3. The van der Waals surface area contributed by atoms with E-state index in [9.17, 15) is 23.6 Å². The summed E-state index contributed by atoms with van der Waals surface area (Å²) in [5, 5.41) is 23.1. The van der Waals surface area contributed by atoms with E-state index in [0.29, 0.717) is 40.3 Å². The van der Waals surface area contributed by atoms with E-state index in [1.807, 2.05) is 6.92 Å². The first kappa shape index (κ1) is 38.5. The maximum absolute atomic E-state index is 14.3. The van der Waals surface area contributed by atoms with E-state index in [0.717, 1.165) is 13.5 Å². The highest BCUT2D eigenvalue weighted by molar-refractivity contribution is 6.31. The van der Waals surface area contributed by atoms with E-state index in [4.69, 9.17) is 33.0 Å². The lowest BCUT2D eigenvalue weighted by atomic mass is 9.78. The third-order valence-electron chi connectivity index (χ3n) is 6.52. The second-order valence-electron chi connectivity index (χ2n) is 10.9. The normalized spacial score (nSPS) is 18.5. The second kappa shape index (κ2) is 19.0. The van der Waals surface area contributed by atoms with Gasteiger partial charge in [0.25, 0.3) is 0 Å². The van der Waals surface area contributed by atoms with Gasteiger partial charge in [0, 0.05) is 35.7 Å². The summed E-state index contributed by atoms with van der Waals surface area (Å²) in [6, 6.07) is 18.1. The Balaban J connectivity index is 0.000000357. The molecule has 4 atom stereocenters. The lowest BCUT2D eigenvalue weighted by Crippen LogP contribution is -2.33. The molecule has 1 aliphatic heterocycles. The first-order valence-electron chi connectivity index (χ1n) is 13.6. The van der Waals surface area contributed by atoms with Crippen molar-refractivity contribution in [2.24, 2.45) is 11.3 Å². The fraction of sp³-hybridized carbons (Fsp3) is 0.364. The van der Waals surface area contributed by atoms with Crippen LogP contribution < -0.4 is 15.4 Å². The molecule has 1 fully saturated rings. The lowest BCUT2D eigenvalue weighted by Gasteiger charge is -2.25. The number of aliphatic hydroxyl groups excluding tert-OH is 1. The molecule has 4 rings (SSSR count). The monoisotopic (exact) mass is 649 g/mol. The number of hydrogen-bond acceptors (Lipinski definition) is 6. The lowest BCUT2D eigenvalue weighted by molar-refractivity contribution is -0.105. The van der Waals surface area contributed by atoms with Crippen molar-refractivity contribution in [3.63, 3.8) is 0 Å². The summed E-state index contributed by atoms with van der Waals surface area (Å²) in [6.07, 6.45) is 2.15. The highest BCUT2D eigenvalue weighted by Gasteiger charge is 2.44. The van der Waals surface area contributed by atoms with Crippen molar-refractivity contribution in [2.45, 2.75) is 52.1 Å². The number of hydrogen-bond donors (Lipinski definition) is 3. The number of nitrogens with one attached hydrogen (secondary N) is 2. The molecule has 44 heavy (non-hydrogen) atoms. The molecule has 1 amide bonds. The van der Waals surface area contributed by atoms with Gasteiger partial charge in [-0.1, -0.05) is 62.2 Å². The van der Waals surface area contributed by atoms with E-state index in [2.05, 4.69) is 37.5 Å². The Labute approximate surface area is 268 Å². The number of benzene rings is 3. The zero-order valence-electron chi connectivity index (χ0n) is 25.6. The van der Waals surface area contributed by atoms with Crippen LogP contribution >= 0.6 is 23.2 Å². The Kier molecular flexibility index (Phi) is 16.6. The number of methoxy groups -OCH3 is 1. The summed E-state index contributed by atoms with van der Waals surface area (Å²) < 4.78 is 31.4. The summed E-state index contributed by atoms with van der Waals surface area (Å²) in [7, 11) is 2.47. The van der Waals surface area contributed by atoms with Gasteiger partial charge in [-0.05, 0) is 66.8 Å². The number of ether oxygens (including phenoxy) is 1. The molecule has 0 radical (unpaired) electrons. The van der Waals surface area contributed by atoms with Crippen LogP contribution in [0.15, 0.2) is 60.7 Å². The average molecular weight is 651 g/mol. The molecule has 0 bridgehead atoms. The Morgan fingerprint density at radius 1 is 1.07 bits per heavy atom. The SMILES string of the molecule is CO.COc1cc(C=O)ccc1NC=O.C[C@@H]1NC(CC(C)(C)C)C(C#N)C1c1cccc(Cl)c1F.Fc1cccc(Cl)c1. The van der Waals surface area contributed by atoms with Gasteiger partial charge in [-0.15, -0.1) is 0 Å². The summed E-state index contributed by atoms with van der Waals surface area (Å²) in [5.74, 6) is -0.628. The van der Waals surface area contributed by atoms with Gasteiger partial charge in [-0.3, -0.25) is 9.59 Å². The van der Waals surface area contributed by atoms with E-state index in [1.165, 1.54) is 19.2 Å². The van der Waals surface area contributed by atoms with Crippen molar-refractivity contribution in [3.05, 3.63) is 93.5 Å². The van der Waals surface area contributed by atoms with Crippen molar-refractivity contribution in [2.75, 3.05) is 19.5 Å². The quantitative estimate of drug-likeness (QED) is 0.236. The van der Waals surface area contributed by atoms with Gasteiger partial charge in [0.1, 0.15) is 23.7 Å². The number of carbonyl (C=O) groups excluding carboxylic acids is 2. The molecule has 11 heteroatoms. The van der Waals surface area contributed by atoms with Crippen LogP contribution in [0, 0.1) is 34.3 Å². The number of amides is 1. The first-order chi connectivity index (χ1) is 20.8.